The van der Waals surface area contributed by atoms with Crippen molar-refractivity contribution in [3.05, 3.63) is 0 Å². The van der Waals surface area contributed by atoms with Crippen molar-refractivity contribution in [2.24, 2.45) is 5.92 Å². The van der Waals surface area contributed by atoms with Gasteiger partial charge in [0.05, 0.1) is 13.2 Å². The first kappa shape index (κ1) is 17.1. The number of hydrogen-bond donors (Lipinski definition) is 2. The maximum absolute atomic E-state index is 10.2. The molecule has 0 fully saturated rings. The van der Waals surface area contributed by atoms with Crippen LogP contribution in [0.1, 0.15) is 46.0 Å². The van der Waals surface area contributed by atoms with Crippen LogP contribution >= 0.6 is 0 Å². The van der Waals surface area contributed by atoms with Gasteiger partial charge in [0.2, 0.25) is 0 Å². The third-order valence-electron chi connectivity index (χ3n) is 2.69. The molecular weight excluding hydrogens is 234 g/mol. The predicted molar refractivity (Wildman–Crippen MR) is 69.6 cm³/mol. The average molecular weight is 259 g/mol. The van der Waals surface area contributed by atoms with Crippen LogP contribution in [0.5, 0.6) is 0 Å². The summed E-state index contributed by atoms with van der Waals surface area (Å²) in [6.45, 7) is 4.79. The number of unbranched alkanes of at least 4 members (excludes halogenated alkanes) is 1. The largest absolute Gasteiger partial charge is 0.468 e. The summed E-state index contributed by atoms with van der Waals surface area (Å²) in [5.74, 6) is 0.113. The minimum absolute atomic E-state index is 0.113. The fourth-order valence-electron chi connectivity index (χ4n) is 1.58. The monoisotopic (exact) mass is 259 g/mol. The van der Waals surface area contributed by atoms with Crippen molar-refractivity contribution in [3.8, 4) is 0 Å². The highest BCUT2D eigenvalue weighted by Gasteiger charge is 2.12. The van der Waals surface area contributed by atoms with E-state index in [0.717, 1.165) is 25.7 Å². The van der Waals surface area contributed by atoms with Crippen molar-refractivity contribution in [2.45, 2.75) is 52.2 Å². The number of aliphatic hydroxyl groups excluding tert-OH is 1. The van der Waals surface area contributed by atoms with Gasteiger partial charge in [0.15, 0.2) is 6.29 Å². The maximum atomic E-state index is 10.2. The molecule has 0 heterocycles. The molecule has 106 valence electrons. The number of nitrogens with one attached hydrogen (secondary N) is 1. The standard InChI is InChI=1S/C13H25NO4/c1-3-13(16)18-9-12(8-17-10-15)7-5-4-6-11(2)14/h10,12-14,16H,3-9H2,1-2H3. The summed E-state index contributed by atoms with van der Waals surface area (Å²) < 4.78 is 10.0. The zero-order valence-electron chi connectivity index (χ0n) is 11.4. The number of carbonyl (C=O) groups excluding carboxylic acids is 1. The molecule has 0 spiro atoms. The Morgan fingerprint density at radius 2 is 2.11 bits per heavy atom. The molecule has 2 unspecified atom stereocenters. The fraction of sp³-hybridized carbons (Fsp3) is 0.846. The molecule has 18 heavy (non-hydrogen) atoms. The lowest BCUT2D eigenvalue weighted by atomic mass is 10.0. The molecule has 5 nitrogen and oxygen atoms in total. The summed E-state index contributed by atoms with van der Waals surface area (Å²) in [5, 5.41) is 16.6. The summed E-state index contributed by atoms with van der Waals surface area (Å²) in [5.41, 5.74) is 0.688. The van der Waals surface area contributed by atoms with Gasteiger partial charge >= 0.3 is 0 Å². The van der Waals surface area contributed by atoms with Gasteiger partial charge in [-0.1, -0.05) is 13.3 Å². The van der Waals surface area contributed by atoms with Crippen molar-refractivity contribution < 1.29 is 19.4 Å². The lowest BCUT2D eigenvalue weighted by Crippen LogP contribution is -2.21. The molecule has 0 bridgehead atoms. The molecule has 0 aromatic rings. The molecule has 0 saturated heterocycles. The lowest BCUT2D eigenvalue weighted by molar-refractivity contribution is -0.135. The van der Waals surface area contributed by atoms with E-state index in [4.69, 9.17) is 14.9 Å². The zero-order chi connectivity index (χ0) is 13.8. The first-order valence-corrected chi connectivity index (χ1v) is 6.49. The quantitative estimate of drug-likeness (QED) is 0.243. The Morgan fingerprint density at radius 1 is 1.39 bits per heavy atom. The van der Waals surface area contributed by atoms with Gasteiger partial charge in [0, 0.05) is 11.6 Å². The number of rotatable bonds is 12. The highest BCUT2D eigenvalue weighted by molar-refractivity contribution is 5.78. The summed E-state index contributed by atoms with van der Waals surface area (Å²) in [6, 6.07) is 0. The second-order valence-electron chi connectivity index (χ2n) is 4.52. The number of aliphatic hydroxyl groups is 1. The van der Waals surface area contributed by atoms with Gasteiger partial charge in [0.1, 0.15) is 0 Å². The first-order valence-electron chi connectivity index (χ1n) is 6.49. The third-order valence-corrected chi connectivity index (χ3v) is 2.69. The van der Waals surface area contributed by atoms with E-state index in [0.29, 0.717) is 31.8 Å². The van der Waals surface area contributed by atoms with Crippen molar-refractivity contribution in [2.75, 3.05) is 13.2 Å². The van der Waals surface area contributed by atoms with Crippen molar-refractivity contribution >= 4 is 12.2 Å². The Bertz CT molecular complexity index is 233. The maximum Gasteiger partial charge on any atom is 0.293 e. The molecule has 0 aliphatic carbocycles. The van der Waals surface area contributed by atoms with Crippen LogP contribution in [-0.2, 0) is 14.3 Å². The van der Waals surface area contributed by atoms with Gasteiger partial charge in [-0.15, -0.1) is 0 Å². The van der Waals surface area contributed by atoms with Crippen LogP contribution in [0, 0.1) is 11.3 Å². The molecule has 0 amide bonds. The average Bonchev–Trinajstić information content (AvgIpc) is 2.35. The normalized spacial score (nSPS) is 13.9. The van der Waals surface area contributed by atoms with E-state index >= 15 is 0 Å². The van der Waals surface area contributed by atoms with Crippen LogP contribution in [0.3, 0.4) is 0 Å². The molecule has 0 rings (SSSR count). The predicted octanol–water partition coefficient (Wildman–Crippen LogP) is 2.12. The zero-order valence-corrected chi connectivity index (χ0v) is 11.4. The van der Waals surface area contributed by atoms with Crippen LogP contribution in [0.2, 0.25) is 0 Å². The smallest absolute Gasteiger partial charge is 0.293 e. The fourth-order valence-corrected chi connectivity index (χ4v) is 1.58. The molecule has 0 aliphatic rings. The highest BCUT2D eigenvalue weighted by atomic mass is 16.6. The van der Waals surface area contributed by atoms with Gasteiger partial charge < -0.3 is 20.0 Å². The van der Waals surface area contributed by atoms with Crippen molar-refractivity contribution in [1.82, 2.24) is 0 Å². The molecule has 2 atom stereocenters. The van der Waals surface area contributed by atoms with E-state index in [1.54, 1.807) is 6.92 Å². The van der Waals surface area contributed by atoms with Crippen LogP contribution in [-0.4, -0.2) is 36.8 Å². The van der Waals surface area contributed by atoms with E-state index in [2.05, 4.69) is 0 Å². The van der Waals surface area contributed by atoms with Gasteiger partial charge in [-0.3, -0.25) is 4.79 Å². The van der Waals surface area contributed by atoms with Crippen molar-refractivity contribution in [3.63, 3.8) is 0 Å². The Kier molecular flexibility index (Phi) is 10.6. The van der Waals surface area contributed by atoms with Gasteiger partial charge in [0.25, 0.3) is 6.47 Å². The first-order chi connectivity index (χ1) is 8.60. The van der Waals surface area contributed by atoms with E-state index in [9.17, 15) is 9.90 Å². The van der Waals surface area contributed by atoms with Crippen LogP contribution in [0.25, 0.3) is 0 Å². The van der Waals surface area contributed by atoms with Gasteiger partial charge in [-0.25, -0.2) is 0 Å². The number of carbonyl (C=O) groups is 1. The number of ether oxygens (including phenoxy) is 2. The SMILES string of the molecule is CCC(O)OCC(CCCCC(C)=N)COC=O. The highest BCUT2D eigenvalue weighted by Crippen LogP contribution is 2.12. The minimum atomic E-state index is -0.743. The van der Waals surface area contributed by atoms with Crippen LogP contribution in [0.15, 0.2) is 0 Å². The molecule has 2 N–H and O–H groups in total. The second kappa shape index (κ2) is 11.2. The van der Waals surface area contributed by atoms with Crippen molar-refractivity contribution in [1.29, 1.82) is 5.41 Å². The number of hydrogen-bond acceptors (Lipinski definition) is 5. The third kappa shape index (κ3) is 10.2. The van der Waals surface area contributed by atoms with E-state index in [-0.39, 0.29) is 5.92 Å². The van der Waals surface area contributed by atoms with Gasteiger partial charge in [-0.05, 0) is 32.6 Å². The Morgan fingerprint density at radius 3 is 2.67 bits per heavy atom. The van der Waals surface area contributed by atoms with Crippen LogP contribution < -0.4 is 0 Å². The Hall–Kier alpha value is -0.940. The molecule has 0 aromatic heterocycles. The summed E-state index contributed by atoms with van der Waals surface area (Å²) in [6.07, 6.45) is 3.41. The Balaban J connectivity index is 3.82. The van der Waals surface area contributed by atoms with E-state index < -0.39 is 6.29 Å². The molecule has 0 aliphatic heterocycles. The Labute approximate surface area is 109 Å². The van der Waals surface area contributed by atoms with E-state index in [1.807, 2.05) is 6.92 Å². The van der Waals surface area contributed by atoms with Crippen LogP contribution in [0.4, 0.5) is 0 Å². The second-order valence-corrected chi connectivity index (χ2v) is 4.52. The molecule has 0 radical (unpaired) electrons. The van der Waals surface area contributed by atoms with Gasteiger partial charge in [-0.2, -0.15) is 0 Å². The molecular formula is C13H25NO4. The molecule has 0 saturated carbocycles. The summed E-state index contributed by atoms with van der Waals surface area (Å²) >= 11 is 0. The lowest BCUT2D eigenvalue weighted by Gasteiger charge is -2.18. The summed E-state index contributed by atoms with van der Waals surface area (Å²) in [7, 11) is 0. The molecule has 0 aromatic carbocycles. The topological polar surface area (TPSA) is 79.6 Å². The minimum Gasteiger partial charge on any atom is -0.468 e. The van der Waals surface area contributed by atoms with E-state index in [1.165, 1.54) is 0 Å². The molecule has 5 heteroatoms. The summed E-state index contributed by atoms with van der Waals surface area (Å²) in [4.78, 5) is 10.2.